The Balaban J connectivity index is 2.40. The standard InChI is InChI=1S/C13H16F2N2O3/c1-20-11-3-2-9(17(18)19)8-10(11)12(16)4-6-13(14,15)7-5-12/h2-3,8H,4-7,16H2,1H3. The molecule has 1 aliphatic carbocycles. The SMILES string of the molecule is COc1ccc([N+](=O)[O-])cc1C1(N)CCC(F)(F)CC1. The van der Waals surface area contributed by atoms with E-state index in [0.717, 1.165) is 0 Å². The Morgan fingerprint density at radius 3 is 2.40 bits per heavy atom. The van der Waals surface area contributed by atoms with E-state index in [9.17, 15) is 18.9 Å². The number of ether oxygens (including phenoxy) is 1. The average molecular weight is 286 g/mol. The lowest BCUT2D eigenvalue weighted by Gasteiger charge is -2.37. The first-order chi connectivity index (χ1) is 9.27. The Kier molecular flexibility index (Phi) is 3.64. The number of non-ortho nitro benzene ring substituents is 1. The van der Waals surface area contributed by atoms with Crippen LogP contribution in [0.2, 0.25) is 0 Å². The molecular weight excluding hydrogens is 270 g/mol. The third-order valence-corrected chi connectivity index (χ3v) is 3.80. The smallest absolute Gasteiger partial charge is 0.270 e. The molecule has 5 nitrogen and oxygen atoms in total. The second-order valence-electron chi connectivity index (χ2n) is 5.15. The minimum atomic E-state index is -2.71. The summed E-state index contributed by atoms with van der Waals surface area (Å²) in [4.78, 5) is 10.3. The highest BCUT2D eigenvalue weighted by atomic mass is 19.3. The number of nitro benzene ring substituents is 1. The highest BCUT2D eigenvalue weighted by molar-refractivity contribution is 5.47. The molecule has 0 aliphatic heterocycles. The first-order valence-electron chi connectivity index (χ1n) is 6.27. The Morgan fingerprint density at radius 1 is 1.30 bits per heavy atom. The third-order valence-electron chi connectivity index (χ3n) is 3.80. The van der Waals surface area contributed by atoms with E-state index in [1.54, 1.807) is 0 Å². The highest BCUT2D eigenvalue weighted by Crippen LogP contribution is 2.45. The number of alkyl halides is 2. The van der Waals surface area contributed by atoms with E-state index < -0.39 is 16.4 Å². The van der Waals surface area contributed by atoms with Gasteiger partial charge in [-0.1, -0.05) is 0 Å². The second-order valence-corrected chi connectivity index (χ2v) is 5.15. The maximum absolute atomic E-state index is 13.3. The van der Waals surface area contributed by atoms with Crippen LogP contribution in [0.15, 0.2) is 18.2 Å². The molecule has 7 heteroatoms. The van der Waals surface area contributed by atoms with Crippen LogP contribution in [-0.2, 0) is 5.54 Å². The highest BCUT2D eigenvalue weighted by Gasteiger charge is 2.43. The molecule has 1 aromatic rings. The fourth-order valence-corrected chi connectivity index (χ4v) is 2.53. The Bertz CT molecular complexity index is 524. The summed E-state index contributed by atoms with van der Waals surface area (Å²) >= 11 is 0. The van der Waals surface area contributed by atoms with Gasteiger partial charge in [0.05, 0.1) is 12.0 Å². The van der Waals surface area contributed by atoms with Crippen molar-refractivity contribution in [2.24, 2.45) is 5.73 Å². The van der Waals surface area contributed by atoms with Crippen molar-refractivity contribution in [2.75, 3.05) is 7.11 Å². The lowest BCUT2D eigenvalue weighted by molar-refractivity contribution is -0.385. The molecular formula is C13H16F2N2O3. The van der Waals surface area contributed by atoms with Crippen molar-refractivity contribution in [3.63, 3.8) is 0 Å². The number of nitro groups is 1. The number of hydrogen-bond acceptors (Lipinski definition) is 4. The van der Waals surface area contributed by atoms with Gasteiger partial charge in [0.2, 0.25) is 5.92 Å². The summed E-state index contributed by atoms with van der Waals surface area (Å²) in [5.41, 5.74) is 5.49. The zero-order valence-corrected chi connectivity index (χ0v) is 11.1. The molecule has 1 aliphatic rings. The predicted molar refractivity (Wildman–Crippen MR) is 68.9 cm³/mol. The maximum Gasteiger partial charge on any atom is 0.270 e. The molecule has 110 valence electrons. The van der Waals surface area contributed by atoms with Crippen molar-refractivity contribution in [3.8, 4) is 5.75 Å². The number of hydrogen-bond donors (Lipinski definition) is 1. The number of rotatable bonds is 3. The van der Waals surface area contributed by atoms with Gasteiger partial charge in [0.15, 0.2) is 0 Å². The third kappa shape index (κ3) is 2.72. The number of nitrogens with two attached hydrogens (primary N) is 1. The number of halogens is 2. The minimum absolute atomic E-state index is 0.0670. The van der Waals surface area contributed by atoms with Crippen LogP contribution in [0, 0.1) is 10.1 Å². The van der Waals surface area contributed by atoms with Gasteiger partial charge in [-0.15, -0.1) is 0 Å². The molecule has 0 atom stereocenters. The topological polar surface area (TPSA) is 78.4 Å². The molecule has 0 spiro atoms. The van der Waals surface area contributed by atoms with Crippen LogP contribution in [-0.4, -0.2) is 18.0 Å². The zero-order chi connectivity index (χ0) is 15.0. The van der Waals surface area contributed by atoms with Crippen molar-refractivity contribution < 1.29 is 18.4 Å². The van der Waals surface area contributed by atoms with Gasteiger partial charge in [-0.3, -0.25) is 10.1 Å². The van der Waals surface area contributed by atoms with Gasteiger partial charge in [-0.25, -0.2) is 8.78 Å². The quantitative estimate of drug-likeness (QED) is 0.684. The van der Waals surface area contributed by atoms with Crippen LogP contribution < -0.4 is 10.5 Å². The van der Waals surface area contributed by atoms with E-state index in [2.05, 4.69) is 0 Å². The molecule has 0 aromatic heterocycles. The summed E-state index contributed by atoms with van der Waals surface area (Å²) in [6.45, 7) is 0. The molecule has 0 bridgehead atoms. The van der Waals surface area contributed by atoms with Crippen LogP contribution in [0.1, 0.15) is 31.2 Å². The average Bonchev–Trinajstić information content (AvgIpc) is 2.41. The van der Waals surface area contributed by atoms with Gasteiger partial charge in [0, 0.05) is 36.1 Å². The van der Waals surface area contributed by atoms with Crippen LogP contribution in [0.4, 0.5) is 14.5 Å². The summed E-state index contributed by atoms with van der Waals surface area (Å²) in [6.07, 6.45) is -0.514. The normalized spacial score (nSPS) is 20.4. The summed E-state index contributed by atoms with van der Waals surface area (Å²) < 4.78 is 31.7. The summed E-state index contributed by atoms with van der Waals surface area (Å²) in [5, 5.41) is 10.8. The Labute approximate surface area is 114 Å². The van der Waals surface area contributed by atoms with Crippen molar-refractivity contribution >= 4 is 5.69 Å². The molecule has 0 unspecified atom stereocenters. The van der Waals surface area contributed by atoms with E-state index in [0.29, 0.717) is 11.3 Å². The molecule has 1 aromatic carbocycles. The largest absolute Gasteiger partial charge is 0.496 e. The van der Waals surface area contributed by atoms with Crippen molar-refractivity contribution in [1.29, 1.82) is 0 Å². The van der Waals surface area contributed by atoms with Crippen molar-refractivity contribution in [3.05, 3.63) is 33.9 Å². The molecule has 0 heterocycles. The zero-order valence-electron chi connectivity index (χ0n) is 11.1. The number of methoxy groups -OCH3 is 1. The first kappa shape index (κ1) is 14.6. The molecule has 1 saturated carbocycles. The number of nitrogens with zero attached hydrogens (tertiary/aromatic N) is 1. The molecule has 0 radical (unpaired) electrons. The fourth-order valence-electron chi connectivity index (χ4n) is 2.53. The van der Waals surface area contributed by atoms with Crippen LogP contribution in [0.3, 0.4) is 0 Å². The monoisotopic (exact) mass is 286 g/mol. The second kappa shape index (κ2) is 4.97. The molecule has 0 amide bonds. The minimum Gasteiger partial charge on any atom is -0.496 e. The summed E-state index contributed by atoms with van der Waals surface area (Å²) in [6, 6.07) is 4.08. The molecule has 2 rings (SSSR count). The van der Waals surface area contributed by atoms with Gasteiger partial charge in [0.1, 0.15) is 5.75 Å². The van der Waals surface area contributed by atoms with E-state index in [4.69, 9.17) is 10.5 Å². The Hall–Kier alpha value is -1.76. The van der Waals surface area contributed by atoms with Crippen molar-refractivity contribution in [1.82, 2.24) is 0 Å². The lowest BCUT2D eigenvalue weighted by Crippen LogP contribution is -2.43. The molecule has 20 heavy (non-hydrogen) atoms. The van der Waals surface area contributed by atoms with Crippen LogP contribution >= 0.6 is 0 Å². The van der Waals surface area contributed by atoms with E-state index in [1.165, 1.54) is 25.3 Å². The van der Waals surface area contributed by atoms with Crippen LogP contribution in [0.5, 0.6) is 5.75 Å². The van der Waals surface area contributed by atoms with Gasteiger partial charge in [-0.05, 0) is 18.9 Å². The van der Waals surface area contributed by atoms with E-state index in [-0.39, 0.29) is 31.4 Å². The maximum atomic E-state index is 13.3. The lowest BCUT2D eigenvalue weighted by atomic mass is 9.75. The van der Waals surface area contributed by atoms with Gasteiger partial charge >= 0.3 is 0 Å². The molecule has 0 saturated heterocycles. The molecule has 2 N–H and O–H groups in total. The van der Waals surface area contributed by atoms with Gasteiger partial charge in [0.25, 0.3) is 5.69 Å². The fraction of sp³-hybridized carbons (Fsp3) is 0.538. The predicted octanol–water partition coefficient (Wildman–Crippen LogP) is 2.97. The summed E-state index contributed by atoms with van der Waals surface area (Å²) in [5.74, 6) is -2.32. The van der Waals surface area contributed by atoms with E-state index in [1.807, 2.05) is 0 Å². The van der Waals surface area contributed by atoms with Gasteiger partial charge < -0.3 is 10.5 Å². The summed E-state index contributed by atoms with van der Waals surface area (Å²) in [7, 11) is 1.42. The van der Waals surface area contributed by atoms with Crippen LogP contribution in [0.25, 0.3) is 0 Å². The first-order valence-corrected chi connectivity index (χ1v) is 6.27. The van der Waals surface area contributed by atoms with E-state index >= 15 is 0 Å². The van der Waals surface area contributed by atoms with Gasteiger partial charge in [-0.2, -0.15) is 0 Å². The Morgan fingerprint density at radius 2 is 1.90 bits per heavy atom. The number of benzene rings is 1. The van der Waals surface area contributed by atoms with Crippen molar-refractivity contribution in [2.45, 2.75) is 37.1 Å². The molecule has 1 fully saturated rings.